The summed E-state index contributed by atoms with van der Waals surface area (Å²) >= 11 is 11.2. The molecule has 0 radical (unpaired) electrons. The molecule has 1 atom stereocenters. The van der Waals surface area contributed by atoms with E-state index >= 15 is 0 Å². The molecule has 0 heterocycles. The van der Waals surface area contributed by atoms with Crippen molar-refractivity contribution in [2.75, 3.05) is 13.7 Å². The molecule has 0 fully saturated rings. The Morgan fingerprint density at radius 2 is 2.24 bits per heavy atom. The minimum atomic E-state index is -0.130. The summed E-state index contributed by atoms with van der Waals surface area (Å²) in [4.78, 5) is 0. The Hall–Kier alpha value is -0.900. The number of hydrogen-bond donors (Lipinski definition) is 1. The Bertz CT molecular complexity index is 405. The first-order chi connectivity index (χ1) is 8.08. The Labute approximate surface area is 111 Å². The highest BCUT2D eigenvalue weighted by Crippen LogP contribution is 2.29. The monoisotopic (exact) mass is 275 g/mol. The van der Waals surface area contributed by atoms with Crippen molar-refractivity contribution < 1.29 is 9.47 Å². The molecule has 3 nitrogen and oxygen atoms in total. The number of nitrogens with two attached hydrogens (primary N) is 1. The lowest BCUT2D eigenvalue weighted by Crippen LogP contribution is -2.09. The molecule has 94 valence electrons. The van der Waals surface area contributed by atoms with E-state index in [1.54, 1.807) is 13.2 Å². The summed E-state index contributed by atoms with van der Waals surface area (Å²) < 4.78 is 10.7. The predicted octanol–water partition coefficient (Wildman–Crippen LogP) is 3.41. The molecule has 1 aromatic carbocycles. The van der Waals surface area contributed by atoms with Gasteiger partial charge in [-0.2, -0.15) is 0 Å². The highest BCUT2D eigenvalue weighted by atomic mass is 35.5. The fourth-order valence-electron chi connectivity index (χ4n) is 1.32. The largest absolute Gasteiger partial charge is 0.497 e. The summed E-state index contributed by atoms with van der Waals surface area (Å²) in [6.45, 7) is 2.09. The van der Waals surface area contributed by atoms with Crippen molar-refractivity contribution in [2.24, 2.45) is 5.73 Å². The van der Waals surface area contributed by atoms with Crippen molar-refractivity contribution >= 4 is 23.2 Å². The summed E-state index contributed by atoms with van der Waals surface area (Å²) in [6, 6.07) is 5.35. The molecule has 0 aliphatic carbocycles. The third-order valence-corrected chi connectivity index (χ3v) is 2.79. The summed E-state index contributed by atoms with van der Waals surface area (Å²) in [5, 5.41) is 0.421. The third kappa shape index (κ3) is 4.11. The zero-order chi connectivity index (χ0) is 12.8. The molecular weight excluding hydrogens is 261 g/mol. The van der Waals surface area contributed by atoms with E-state index < -0.39 is 0 Å². The van der Waals surface area contributed by atoms with Gasteiger partial charge in [0.25, 0.3) is 0 Å². The molecule has 1 rings (SSSR count). The molecular formula is C12H15Cl2NO2. The van der Waals surface area contributed by atoms with Gasteiger partial charge >= 0.3 is 0 Å². The number of hydrogen-bond acceptors (Lipinski definition) is 3. The van der Waals surface area contributed by atoms with E-state index in [0.29, 0.717) is 16.5 Å². The van der Waals surface area contributed by atoms with Crippen LogP contribution in [-0.2, 0) is 0 Å². The second-order valence-corrected chi connectivity index (χ2v) is 4.24. The molecule has 0 spiro atoms. The molecule has 0 saturated carbocycles. The van der Waals surface area contributed by atoms with Gasteiger partial charge in [0.05, 0.1) is 12.1 Å². The van der Waals surface area contributed by atoms with Gasteiger partial charge in [0, 0.05) is 23.2 Å². The summed E-state index contributed by atoms with van der Waals surface area (Å²) in [5.74, 6) is 1.35. The van der Waals surface area contributed by atoms with Gasteiger partial charge in [-0.05, 0) is 13.0 Å². The molecule has 0 aliphatic rings. The Kier molecular flexibility index (Phi) is 5.62. The molecule has 0 unspecified atom stereocenters. The zero-order valence-corrected chi connectivity index (χ0v) is 11.3. The van der Waals surface area contributed by atoms with Gasteiger partial charge in [0.15, 0.2) is 0 Å². The van der Waals surface area contributed by atoms with E-state index in [0.717, 1.165) is 5.56 Å². The molecule has 0 aliphatic heterocycles. The van der Waals surface area contributed by atoms with Gasteiger partial charge in [0.1, 0.15) is 18.1 Å². The second-order valence-electron chi connectivity index (χ2n) is 3.54. The smallest absolute Gasteiger partial charge is 0.128 e. The number of rotatable bonds is 5. The maximum absolute atomic E-state index is 5.85. The SMILES string of the molecule is COc1ccc([C@@H](C)N)c(OC/C(Cl)=C/Cl)c1. The quantitative estimate of drug-likeness (QED) is 0.896. The third-order valence-electron chi connectivity index (χ3n) is 2.20. The second kappa shape index (κ2) is 6.74. The van der Waals surface area contributed by atoms with Crippen molar-refractivity contribution in [2.45, 2.75) is 13.0 Å². The van der Waals surface area contributed by atoms with Gasteiger partial charge in [-0.15, -0.1) is 0 Å². The molecule has 17 heavy (non-hydrogen) atoms. The van der Waals surface area contributed by atoms with Gasteiger partial charge in [-0.3, -0.25) is 0 Å². The number of methoxy groups -OCH3 is 1. The van der Waals surface area contributed by atoms with Crippen LogP contribution in [-0.4, -0.2) is 13.7 Å². The average molecular weight is 276 g/mol. The van der Waals surface area contributed by atoms with Crippen molar-refractivity contribution in [3.8, 4) is 11.5 Å². The van der Waals surface area contributed by atoms with Crippen LogP contribution in [0.2, 0.25) is 0 Å². The fraction of sp³-hybridized carbons (Fsp3) is 0.333. The van der Waals surface area contributed by atoms with Crippen molar-refractivity contribution in [1.82, 2.24) is 0 Å². The average Bonchev–Trinajstić information content (AvgIpc) is 2.35. The van der Waals surface area contributed by atoms with Crippen LogP contribution in [0.4, 0.5) is 0 Å². The fourth-order valence-corrected chi connectivity index (χ4v) is 1.44. The van der Waals surface area contributed by atoms with E-state index in [4.69, 9.17) is 38.4 Å². The van der Waals surface area contributed by atoms with Crippen molar-refractivity contribution in [3.63, 3.8) is 0 Å². The maximum Gasteiger partial charge on any atom is 0.128 e. The highest BCUT2D eigenvalue weighted by molar-refractivity contribution is 6.36. The van der Waals surface area contributed by atoms with Gasteiger partial charge in [-0.25, -0.2) is 0 Å². The minimum Gasteiger partial charge on any atom is -0.497 e. The van der Waals surface area contributed by atoms with Crippen LogP contribution in [0.5, 0.6) is 11.5 Å². The number of halogens is 2. The molecule has 5 heteroatoms. The van der Waals surface area contributed by atoms with Gasteiger partial charge < -0.3 is 15.2 Å². The van der Waals surface area contributed by atoms with E-state index in [1.807, 2.05) is 19.1 Å². The summed E-state index contributed by atoms with van der Waals surface area (Å²) in [6.07, 6.45) is 0. The van der Waals surface area contributed by atoms with Gasteiger partial charge in [-0.1, -0.05) is 29.3 Å². The lowest BCUT2D eigenvalue weighted by atomic mass is 10.1. The van der Waals surface area contributed by atoms with E-state index in [-0.39, 0.29) is 12.6 Å². The lowest BCUT2D eigenvalue weighted by molar-refractivity contribution is 0.348. The normalized spacial score (nSPS) is 13.4. The van der Waals surface area contributed by atoms with Crippen molar-refractivity contribution in [3.05, 3.63) is 34.3 Å². The molecule has 0 saturated heterocycles. The summed E-state index contributed by atoms with van der Waals surface area (Å²) in [7, 11) is 1.59. The topological polar surface area (TPSA) is 44.5 Å². The van der Waals surface area contributed by atoms with Crippen LogP contribution in [0, 0.1) is 0 Å². The molecule has 1 aromatic rings. The Morgan fingerprint density at radius 1 is 1.53 bits per heavy atom. The van der Waals surface area contributed by atoms with Crippen LogP contribution < -0.4 is 15.2 Å². The first kappa shape index (κ1) is 14.2. The summed E-state index contributed by atoms with van der Waals surface area (Å²) in [5.41, 5.74) is 8.01. The molecule has 0 aromatic heterocycles. The van der Waals surface area contributed by atoms with Crippen molar-refractivity contribution in [1.29, 1.82) is 0 Å². The van der Waals surface area contributed by atoms with E-state index in [2.05, 4.69) is 0 Å². The van der Waals surface area contributed by atoms with E-state index in [9.17, 15) is 0 Å². The lowest BCUT2D eigenvalue weighted by Gasteiger charge is -2.14. The first-order valence-corrected chi connectivity index (χ1v) is 5.91. The zero-order valence-electron chi connectivity index (χ0n) is 9.74. The Morgan fingerprint density at radius 3 is 2.76 bits per heavy atom. The molecule has 2 N–H and O–H groups in total. The number of ether oxygens (including phenoxy) is 2. The maximum atomic E-state index is 5.85. The van der Waals surface area contributed by atoms with Crippen LogP contribution in [0.1, 0.15) is 18.5 Å². The standard InChI is InChI=1S/C12H15Cl2NO2/c1-8(15)11-4-3-10(16-2)5-12(11)17-7-9(14)6-13/h3-6,8H,7,15H2,1-2H3/b9-6-/t8-/m1/s1. The van der Waals surface area contributed by atoms with Crippen LogP contribution >= 0.6 is 23.2 Å². The van der Waals surface area contributed by atoms with Gasteiger partial charge in [0.2, 0.25) is 0 Å². The van der Waals surface area contributed by atoms with Crippen LogP contribution in [0.3, 0.4) is 0 Å². The van der Waals surface area contributed by atoms with Crippen LogP contribution in [0.15, 0.2) is 28.8 Å². The number of benzene rings is 1. The van der Waals surface area contributed by atoms with E-state index in [1.165, 1.54) is 5.54 Å². The highest BCUT2D eigenvalue weighted by Gasteiger charge is 2.10. The first-order valence-electron chi connectivity index (χ1n) is 5.09. The minimum absolute atomic E-state index is 0.130. The van der Waals surface area contributed by atoms with Crippen LogP contribution in [0.25, 0.3) is 0 Å². The molecule has 0 bridgehead atoms. The molecule has 0 amide bonds. The predicted molar refractivity (Wildman–Crippen MR) is 70.9 cm³/mol. The Balaban J connectivity index is 2.93.